The number of hydrazine groups is 1. The van der Waals surface area contributed by atoms with E-state index in [1.54, 1.807) is 0 Å². The summed E-state index contributed by atoms with van der Waals surface area (Å²) in [6.07, 6.45) is 0. The highest BCUT2D eigenvalue weighted by molar-refractivity contribution is 9.10. The van der Waals surface area contributed by atoms with Gasteiger partial charge in [-0.1, -0.05) is 15.9 Å². The molecule has 14 heavy (non-hydrogen) atoms. The van der Waals surface area contributed by atoms with E-state index in [1.807, 2.05) is 18.1 Å². The van der Waals surface area contributed by atoms with Crippen LogP contribution in [0.2, 0.25) is 0 Å². The average molecular weight is 258 g/mol. The Morgan fingerprint density at radius 3 is 3.00 bits per heavy atom. The Hall–Kier alpha value is -1.14. The number of nitro groups is 1. The number of nitrogens with zero attached hydrogens (tertiary/aromatic N) is 2. The van der Waals surface area contributed by atoms with Gasteiger partial charge in [0.15, 0.2) is 0 Å². The molecule has 0 atom stereocenters. The number of rotatable bonds is 1. The molecule has 5 nitrogen and oxygen atoms in total. The number of benzene rings is 1. The molecule has 0 saturated carbocycles. The van der Waals surface area contributed by atoms with Crippen molar-refractivity contribution >= 4 is 27.3 Å². The molecule has 2 rings (SSSR count). The van der Waals surface area contributed by atoms with Gasteiger partial charge in [0.25, 0.3) is 5.69 Å². The van der Waals surface area contributed by atoms with Crippen molar-refractivity contribution in [1.82, 2.24) is 5.01 Å². The third kappa shape index (κ3) is 1.46. The van der Waals surface area contributed by atoms with Crippen LogP contribution < -0.4 is 5.43 Å². The SMILES string of the molecule is CN1Cc2cc(Br)cc([N+](=O)[O-])c2N1. The van der Waals surface area contributed by atoms with Crippen molar-refractivity contribution in [1.29, 1.82) is 0 Å². The topological polar surface area (TPSA) is 58.4 Å². The third-order valence-electron chi connectivity index (χ3n) is 2.07. The van der Waals surface area contributed by atoms with E-state index in [9.17, 15) is 10.1 Å². The lowest BCUT2D eigenvalue weighted by molar-refractivity contribution is -0.384. The van der Waals surface area contributed by atoms with Crippen molar-refractivity contribution in [3.05, 3.63) is 32.3 Å². The first-order valence-corrected chi connectivity index (χ1v) is 4.82. The van der Waals surface area contributed by atoms with Crippen molar-refractivity contribution in [2.45, 2.75) is 6.54 Å². The standard InChI is InChI=1S/C8H8BrN3O2/c1-11-4-5-2-6(9)3-7(12(13)14)8(5)10-11/h2-3,10H,4H2,1H3. The van der Waals surface area contributed by atoms with E-state index in [0.717, 1.165) is 10.0 Å². The van der Waals surface area contributed by atoms with Crippen LogP contribution in [0.5, 0.6) is 0 Å². The first-order valence-electron chi connectivity index (χ1n) is 4.02. The molecular formula is C8H8BrN3O2. The zero-order valence-corrected chi connectivity index (χ0v) is 9.04. The molecule has 0 radical (unpaired) electrons. The van der Waals surface area contributed by atoms with Crippen LogP contribution in [0.3, 0.4) is 0 Å². The highest BCUT2D eigenvalue weighted by Crippen LogP contribution is 2.36. The van der Waals surface area contributed by atoms with Gasteiger partial charge in [0.05, 0.1) is 4.92 Å². The van der Waals surface area contributed by atoms with Crippen molar-refractivity contribution in [3.8, 4) is 0 Å². The van der Waals surface area contributed by atoms with E-state index in [-0.39, 0.29) is 10.6 Å². The van der Waals surface area contributed by atoms with E-state index in [4.69, 9.17) is 0 Å². The van der Waals surface area contributed by atoms with Crippen LogP contribution in [0, 0.1) is 10.1 Å². The average Bonchev–Trinajstić information content (AvgIpc) is 2.42. The molecule has 0 bridgehead atoms. The van der Waals surface area contributed by atoms with E-state index >= 15 is 0 Å². The highest BCUT2D eigenvalue weighted by atomic mass is 79.9. The molecule has 6 heteroatoms. The number of nitrogens with one attached hydrogen (secondary N) is 1. The fourth-order valence-corrected chi connectivity index (χ4v) is 2.02. The molecule has 1 aromatic rings. The highest BCUT2D eigenvalue weighted by Gasteiger charge is 2.25. The maximum atomic E-state index is 10.7. The van der Waals surface area contributed by atoms with Crippen molar-refractivity contribution < 1.29 is 4.92 Å². The minimum absolute atomic E-state index is 0.110. The smallest absolute Gasteiger partial charge is 0.295 e. The van der Waals surface area contributed by atoms with Gasteiger partial charge in [-0.25, -0.2) is 5.01 Å². The van der Waals surface area contributed by atoms with Crippen LogP contribution in [-0.4, -0.2) is 17.0 Å². The van der Waals surface area contributed by atoms with Crippen LogP contribution >= 0.6 is 15.9 Å². The largest absolute Gasteiger partial charge is 0.313 e. The molecular weight excluding hydrogens is 250 g/mol. The maximum Gasteiger partial charge on any atom is 0.295 e. The van der Waals surface area contributed by atoms with Crippen LogP contribution in [0.1, 0.15) is 5.56 Å². The maximum absolute atomic E-state index is 10.7. The van der Waals surface area contributed by atoms with Crippen molar-refractivity contribution in [3.63, 3.8) is 0 Å². The van der Waals surface area contributed by atoms with Gasteiger partial charge in [0.1, 0.15) is 5.69 Å². The zero-order valence-electron chi connectivity index (χ0n) is 7.45. The van der Waals surface area contributed by atoms with Crippen molar-refractivity contribution in [2.75, 3.05) is 12.5 Å². The lowest BCUT2D eigenvalue weighted by Crippen LogP contribution is -2.16. The molecule has 0 fully saturated rings. The lowest BCUT2D eigenvalue weighted by Gasteiger charge is -2.06. The summed E-state index contributed by atoms with van der Waals surface area (Å²) in [5.74, 6) is 0. The summed E-state index contributed by atoms with van der Waals surface area (Å²) in [7, 11) is 1.84. The van der Waals surface area contributed by atoms with Gasteiger partial charge in [0.2, 0.25) is 0 Å². The Bertz CT molecular complexity index is 408. The molecule has 1 heterocycles. The second-order valence-corrected chi connectivity index (χ2v) is 4.10. The van der Waals surface area contributed by atoms with Crippen molar-refractivity contribution in [2.24, 2.45) is 0 Å². The van der Waals surface area contributed by atoms with Gasteiger partial charge in [-0.3, -0.25) is 10.1 Å². The second kappa shape index (κ2) is 3.21. The Kier molecular flexibility index (Phi) is 2.16. The fourth-order valence-electron chi connectivity index (χ4n) is 1.53. The van der Waals surface area contributed by atoms with Gasteiger partial charge in [-0.05, 0) is 6.07 Å². The van der Waals surface area contributed by atoms with E-state index < -0.39 is 0 Å². The summed E-state index contributed by atoms with van der Waals surface area (Å²) in [6.45, 7) is 0.676. The minimum Gasteiger partial charge on any atom is -0.313 e. The molecule has 0 unspecified atom stereocenters. The summed E-state index contributed by atoms with van der Waals surface area (Å²) >= 11 is 3.25. The Morgan fingerprint density at radius 2 is 2.36 bits per heavy atom. The Labute approximate surface area is 89.0 Å². The molecule has 0 amide bonds. The molecule has 0 spiro atoms. The van der Waals surface area contributed by atoms with Gasteiger partial charge >= 0.3 is 0 Å². The minimum atomic E-state index is -0.379. The number of hydrogen-bond donors (Lipinski definition) is 1. The second-order valence-electron chi connectivity index (χ2n) is 3.18. The molecule has 0 aromatic heterocycles. The lowest BCUT2D eigenvalue weighted by atomic mass is 10.1. The number of fused-ring (bicyclic) bond motifs is 1. The summed E-state index contributed by atoms with van der Waals surface area (Å²) in [4.78, 5) is 10.4. The number of anilines is 1. The normalized spacial score (nSPS) is 15.0. The fraction of sp³-hybridized carbons (Fsp3) is 0.250. The molecule has 1 aromatic carbocycles. The molecule has 74 valence electrons. The first kappa shape index (κ1) is 9.42. The first-order chi connectivity index (χ1) is 6.58. The number of hydrogen-bond acceptors (Lipinski definition) is 4. The Balaban J connectivity index is 2.57. The summed E-state index contributed by atoms with van der Waals surface area (Å²) in [6, 6.07) is 3.39. The van der Waals surface area contributed by atoms with Crippen LogP contribution in [0.4, 0.5) is 11.4 Å². The molecule has 1 aliphatic rings. The number of halogens is 1. The monoisotopic (exact) mass is 257 g/mol. The van der Waals surface area contributed by atoms with Crippen LogP contribution in [-0.2, 0) is 6.54 Å². The van der Waals surface area contributed by atoms with Gasteiger partial charge in [0, 0.05) is 29.7 Å². The summed E-state index contributed by atoms with van der Waals surface area (Å²) in [5, 5.41) is 12.6. The van der Waals surface area contributed by atoms with E-state index in [0.29, 0.717) is 12.2 Å². The Morgan fingerprint density at radius 1 is 1.64 bits per heavy atom. The summed E-state index contributed by atoms with van der Waals surface area (Å²) < 4.78 is 0.736. The summed E-state index contributed by atoms with van der Waals surface area (Å²) in [5.41, 5.74) is 4.59. The van der Waals surface area contributed by atoms with Crippen LogP contribution in [0.25, 0.3) is 0 Å². The number of nitro benzene ring substituents is 1. The van der Waals surface area contributed by atoms with E-state index in [1.165, 1.54) is 6.07 Å². The van der Waals surface area contributed by atoms with Gasteiger partial charge < -0.3 is 5.43 Å². The quantitative estimate of drug-likeness (QED) is 0.619. The molecule has 0 saturated heterocycles. The van der Waals surface area contributed by atoms with Crippen LogP contribution in [0.15, 0.2) is 16.6 Å². The predicted molar refractivity (Wildman–Crippen MR) is 55.9 cm³/mol. The van der Waals surface area contributed by atoms with Gasteiger partial charge in [-0.2, -0.15) is 0 Å². The molecule has 0 aliphatic carbocycles. The van der Waals surface area contributed by atoms with Gasteiger partial charge in [-0.15, -0.1) is 0 Å². The third-order valence-corrected chi connectivity index (χ3v) is 2.53. The molecule has 1 aliphatic heterocycles. The molecule has 1 N–H and O–H groups in total. The zero-order chi connectivity index (χ0) is 10.3. The predicted octanol–water partition coefficient (Wildman–Crippen LogP) is 2.13. The van der Waals surface area contributed by atoms with E-state index in [2.05, 4.69) is 21.4 Å².